The van der Waals surface area contributed by atoms with E-state index < -0.39 is 5.41 Å². The van der Waals surface area contributed by atoms with Gasteiger partial charge in [0.15, 0.2) is 11.2 Å². The molecule has 0 fully saturated rings. The van der Waals surface area contributed by atoms with Crippen LogP contribution in [-0.4, -0.2) is 0 Å². The van der Waals surface area contributed by atoms with Crippen molar-refractivity contribution in [3.63, 3.8) is 0 Å². The van der Waals surface area contributed by atoms with Gasteiger partial charge in [0.2, 0.25) is 0 Å². The van der Waals surface area contributed by atoms with Crippen LogP contribution in [0.4, 0.5) is 34.1 Å². The molecule has 2 aromatic heterocycles. The van der Waals surface area contributed by atoms with Crippen molar-refractivity contribution in [1.29, 1.82) is 0 Å². The Morgan fingerprint density at radius 2 is 0.800 bits per heavy atom. The highest BCUT2D eigenvalue weighted by Crippen LogP contribution is 2.66. The molecule has 0 amide bonds. The van der Waals surface area contributed by atoms with E-state index in [9.17, 15) is 0 Å². The molecule has 0 aliphatic heterocycles. The van der Waals surface area contributed by atoms with Crippen LogP contribution in [0, 0.1) is 0 Å². The van der Waals surface area contributed by atoms with E-state index in [2.05, 4.69) is 306 Å². The first kappa shape index (κ1) is 49.4. The molecule has 0 saturated carbocycles. The molecule has 17 rings (SSSR count). The molecule has 85 heavy (non-hydrogen) atoms. The Labute approximate surface area is 494 Å². The minimum Gasteiger partial charge on any atom is -0.454 e. The Balaban J connectivity index is 0.899. The maximum absolute atomic E-state index is 7.10. The van der Waals surface area contributed by atoms with Gasteiger partial charge in [0.1, 0.15) is 11.2 Å². The third kappa shape index (κ3) is 7.09. The molecule has 2 aliphatic rings. The Kier molecular flexibility index (Phi) is 10.4. The van der Waals surface area contributed by atoms with Crippen molar-refractivity contribution in [2.45, 2.75) is 57.8 Å². The standard InChI is InChI=1S/C81H60N2O2/c1-79(2,3)68-33-17-28-60-62-30-19-35-71(77(62)84-75(60)68)82(53-22-9-7-10-23-53)55-40-37-50-47-65-59-42-38-51-45-56(83(54-24-11-8-12-25-54)72-36-20-31-63-61-29-18-34-69(80(4,5)6)76(61)85-78(63)72)41-43-58(51)74(59)81(70(65)48-52(50)46-55)66-32-16-15-27-64(66)73-57-26-14-13-21-49(57)39-44-67(73)81/h7-48H,1-6H3. The van der Waals surface area contributed by atoms with Crippen molar-refractivity contribution in [3.8, 4) is 22.3 Å². The largest absolute Gasteiger partial charge is 0.454 e. The predicted octanol–water partition coefficient (Wildman–Crippen LogP) is 22.8. The molecule has 0 radical (unpaired) electrons. The molecule has 0 N–H and O–H groups in total. The lowest BCUT2D eigenvalue weighted by molar-refractivity contribution is 0.572. The summed E-state index contributed by atoms with van der Waals surface area (Å²) in [4.78, 5) is 4.76. The highest BCUT2D eigenvalue weighted by molar-refractivity contribution is 6.15. The molecule has 2 aliphatic carbocycles. The second-order valence-electron chi connectivity index (χ2n) is 25.5. The number of rotatable bonds is 6. The fourth-order valence-corrected chi connectivity index (χ4v) is 14.9. The van der Waals surface area contributed by atoms with Crippen molar-refractivity contribution in [2.24, 2.45) is 0 Å². The SMILES string of the molecule is CC(C)(C)c1cccc2c1oc1c(N(c3ccccc3)c3ccc4cc5c(cc4c3)C3(c4ccccc4-c4c3ccc3ccccc43)c3c-5ccc4cc(N(c5ccccc5)c5cccc6c5oc5c(C(C)(C)C)cccc56)ccc34)cccc12. The Bertz CT molecular complexity index is 5280. The molecular weight excluding hydrogens is 1030 g/mol. The van der Waals surface area contributed by atoms with Gasteiger partial charge in [0, 0.05) is 55.4 Å². The molecule has 4 nitrogen and oxygen atoms in total. The van der Waals surface area contributed by atoms with Crippen molar-refractivity contribution in [1.82, 2.24) is 0 Å². The van der Waals surface area contributed by atoms with Crippen LogP contribution in [-0.2, 0) is 16.2 Å². The van der Waals surface area contributed by atoms with Gasteiger partial charge in [-0.3, -0.25) is 0 Å². The highest BCUT2D eigenvalue weighted by Gasteiger charge is 2.53. The van der Waals surface area contributed by atoms with Crippen molar-refractivity contribution < 1.29 is 8.83 Å². The molecule has 2 heterocycles. The van der Waals surface area contributed by atoms with Gasteiger partial charge in [0.05, 0.1) is 16.8 Å². The van der Waals surface area contributed by atoms with Crippen LogP contribution in [0.5, 0.6) is 0 Å². The van der Waals surface area contributed by atoms with Crippen LogP contribution in [0.25, 0.3) is 98.4 Å². The quantitative estimate of drug-likeness (QED) is 0.166. The van der Waals surface area contributed by atoms with Crippen LogP contribution in [0.1, 0.15) is 74.9 Å². The number of furan rings is 2. The molecular formula is C81H60N2O2. The topological polar surface area (TPSA) is 32.8 Å². The van der Waals surface area contributed by atoms with Gasteiger partial charge in [-0.05, 0) is 160 Å². The smallest absolute Gasteiger partial charge is 0.159 e. The molecule has 0 saturated heterocycles. The molecule has 13 aromatic carbocycles. The first-order valence-corrected chi connectivity index (χ1v) is 29.8. The summed E-state index contributed by atoms with van der Waals surface area (Å²) >= 11 is 0. The predicted molar refractivity (Wildman–Crippen MR) is 357 cm³/mol. The monoisotopic (exact) mass is 1090 g/mol. The van der Waals surface area contributed by atoms with Crippen molar-refractivity contribution in [2.75, 3.05) is 9.80 Å². The lowest BCUT2D eigenvalue weighted by Gasteiger charge is -2.32. The van der Waals surface area contributed by atoms with E-state index in [0.29, 0.717) is 0 Å². The minimum atomic E-state index is -0.653. The van der Waals surface area contributed by atoms with Crippen LogP contribution in [0.15, 0.2) is 264 Å². The maximum Gasteiger partial charge on any atom is 0.159 e. The zero-order valence-corrected chi connectivity index (χ0v) is 48.5. The highest BCUT2D eigenvalue weighted by atomic mass is 16.3. The third-order valence-electron chi connectivity index (χ3n) is 18.6. The second kappa shape index (κ2) is 17.9. The Morgan fingerprint density at radius 1 is 0.294 bits per heavy atom. The summed E-state index contributed by atoms with van der Waals surface area (Å²) in [6.45, 7) is 13.6. The van der Waals surface area contributed by atoms with E-state index in [1.165, 1.54) is 88.0 Å². The number of para-hydroxylation sites is 6. The van der Waals surface area contributed by atoms with Crippen LogP contribution in [0.2, 0.25) is 0 Å². The lowest BCUT2D eigenvalue weighted by atomic mass is 9.69. The van der Waals surface area contributed by atoms with E-state index in [1.807, 2.05) is 0 Å². The minimum absolute atomic E-state index is 0.0985. The van der Waals surface area contributed by atoms with Gasteiger partial charge in [0.25, 0.3) is 0 Å². The number of nitrogens with zero attached hydrogens (tertiary/aromatic N) is 2. The van der Waals surface area contributed by atoms with E-state index >= 15 is 0 Å². The average Bonchev–Trinajstić information content (AvgIpc) is 1.54. The summed E-state index contributed by atoms with van der Waals surface area (Å²) in [6, 6.07) is 94.7. The van der Waals surface area contributed by atoms with Crippen molar-refractivity contribution in [3.05, 3.63) is 288 Å². The molecule has 406 valence electrons. The first-order chi connectivity index (χ1) is 41.4. The van der Waals surface area contributed by atoms with Gasteiger partial charge in [-0.25, -0.2) is 0 Å². The number of fused-ring (bicyclic) bond motifs is 21. The summed E-state index contributed by atoms with van der Waals surface area (Å²) in [5, 5.41) is 11.7. The Morgan fingerprint density at radius 3 is 1.42 bits per heavy atom. The van der Waals surface area contributed by atoms with Crippen LogP contribution < -0.4 is 9.80 Å². The fourth-order valence-electron chi connectivity index (χ4n) is 14.9. The molecule has 1 unspecified atom stereocenters. The zero-order chi connectivity index (χ0) is 57.1. The summed E-state index contributed by atoms with van der Waals surface area (Å²) in [5.41, 5.74) is 21.7. The van der Waals surface area contributed by atoms with E-state index in [-0.39, 0.29) is 10.8 Å². The van der Waals surface area contributed by atoms with Gasteiger partial charge in [-0.1, -0.05) is 224 Å². The number of hydrogen-bond acceptors (Lipinski definition) is 4. The number of anilines is 6. The van der Waals surface area contributed by atoms with Crippen molar-refractivity contribution >= 4 is 110 Å². The average molecular weight is 1090 g/mol. The van der Waals surface area contributed by atoms with Crippen LogP contribution in [0.3, 0.4) is 0 Å². The maximum atomic E-state index is 7.10. The summed E-state index contributed by atoms with van der Waals surface area (Å²) in [6.07, 6.45) is 0. The van der Waals surface area contributed by atoms with E-state index in [1.54, 1.807) is 0 Å². The number of benzene rings is 13. The van der Waals surface area contributed by atoms with Gasteiger partial charge >= 0.3 is 0 Å². The summed E-state index contributed by atoms with van der Waals surface area (Å²) in [7, 11) is 0. The molecule has 4 heteroatoms. The van der Waals surface area contributed by atoms with E-state index in [4.69, 9.17) is 8.83 Å². The molecule has 0 bridgehead atoms. The summed E-state index contributed by atoms with van der Waals surface area (Å²) in [5.74, 6) is 0. The normalized spacial score (nSPS) is 14.5. The lowest BCUT2D eigenvalue weighted by Crippen LogP contribution is -2.26. The third-order valence-corrected chi connectivity index (χ3v) is 18.6. The van der Waals surface area contributed by atoms with Gasteiger partial charge in [-0.15, -0.1) is 0 Å². The molecule has 1 spiro atoms. The first-order valence-electron chi connectivity index (χ1n) is 29.8. The second-order valence-corrected chi connectivity index (χ2v) is 25.5. The van der Waals surface area contributed by atoms with Gasteiger partial charge < -0.3 is 18.6 Å². The Hall–Kier alpha value is -10.2. The molecule has 15 aromatic rings. The zero-order valence-electron chi connectivity index (χ0n) is 48.5. The van der Waals surface area contributed by atoms with Gasteiger partial charge in [-0.2, -0.15) is 0 Å². The fraction of sp³-hybridized carbons (Fsp3) is 0.111. The van der Waals surface area contributed by atoms with Crippen LogP contribution >= 0.6 is 0 Å². The van der Waals surface area contributed by atoms with E-state index in [0.717, 1.165) is 78.0 Å². The molecule has 1 atom stereocenters. The summed E-state index contributed by atoms with van der Waals surface area (Å²) < 4.78 is 14.2. The number of hydrogen-bond donors (Lipinski definition) is 0.